The summed E-state index contributed by atoms with van der Waals surface area (Å²) in [6.07, 6.45) is -1.52. The zero-order valence-corrected chi connectivity index (χ0v) is 18.5. The van der Waals surface area contributed by atoms with Crippen LogP contribution in [0.15, 0.2) is 65.7 Å². The van der Waals surface area contributed by atoms with Crippen LogP contribution in [0.2, 0.25) is 0 Å². The van der Waals surface area contributed by atoms with Gasteiger partial charge in [-0.15, -0.1) is 0 Å². The minimum Gasteiger partial charge on any atom is -0.457 e. The maximum absolute atomic E-state index is 13.5. The first-order valence-electron chi connectivity index (χ1n) is 9.94. The molecule has 0 radical (unpaired) electrons. The number of hydrogen-bond donors (Lipinski definition) is 1. The number of anilines is 1. The molecule has 0 saturated heterocycles. The van der Waals surface area contributed by atoms with Gasteiger partial charge in [-0.1, -0.05) is 19.1 Å². The van der Waals surface area contributed by atoms with E-state index in [1.165, 1.54) is 34.9 Å². The Bertz CT molecular complexity index is 1460. The summed E-state index contributed by atoms with van der Waals surface area (Å²) in [5.74, 6) is 0.635. The van der Waals surface area contributed by atoms with Gasteiger partial charge in [0.1, 0.15) is 17.1 Å². The van der Waals surface area contributed by atoms with E-state index in [-0.39, 0.29) is 22.0 Å². The first kappa shape index (κ1) is 22.7. The average Bonchev–Trinajstić information content (AvgIpc) is 3.12. The van der Waals surface area contributed by atoms with Crippen molar-refractivity contribution in [3.05, 3.63) is 72.1 Å². The SMILES string of the molecule is CCc1nc2c(C(F)(F)F)cccn2c1-c1cccc(Oc2ccc(N)c(S(C)(=O)=O)c2)c1. The van der Waals surface area contributed by atoms with Gasteiger partial charge in [-0.2, -0.15) is 13.2 Å². The second-order valence-corrected chi connectivity index (χ2v) is 9.46. The summed E-state index contributed by atoms with van der Waals surface area (Å²) in [4.78, 5) is 4.21. The third-order valence-electron chi connectivity index (χ3n) is 5.09. The van der Waals surface area contributed by atoms with Crippen molar-refractivity contribution in [2.24, 2.45) is 0 Å². The van der Waals surface area contributed by atoms with Crippen molar-refractivity contribution >= 4 is 21.2 Å². The van der Waals surface area contributed by atoms with Crippen molar-refractivity contribution in [1.82, 2.24) is 9.38 Å². The molecule has 2 aromatic carbocycles. The number of benzene rings is 2. The molecule has 2 N–H and O–H groups in total. The third-order valence-corrected chi connectivity index (χ3v) is 6.24. The number of nitrogens with zero attached hydrogens (tertiary/aromatic N) is 2. The standard InChI is InChI=1S/C23H20F3N3O3S/c1-3-19-21(29-11-5-8-17(22(29)28-19)23(24,25)26)14-6-4-7-15(12-14)32-16-9-10-18(27)20(13-16)33(2,30)31/h4-13H,3,27H2,1-2H3. The molecule has 2 aromatic heterocycles. The molecule has 0 aliphatic carbocycles. The molecule has 0 saturated carbocycles. The smallest absolute Gasteiger partial charge is 0.419 e. The van der Waals surface area contributed by atoms with Gasteiger partial charge in [-0.05, 0) is 42.8 Å². The lowest BCUT2D eigenvalue weighted by atomic mass is 10.1. The van der Waals surface area contributed by atoms with Crippen LogP contribution in [0.5, 0.6) is 11.5 Å². The molecular formula is C23H20F3N3O3S. The molecule has 6 nitrogen and oxygen atoms in total. The molecule has 0 fully saturated rings. The fraction of sp³-hybridized carbons (Fsp3) is 0.174. The van der Waals surface area contributed by atoms with Gasteiger partial charge in [-0.25, -0.2) is 13.4 Å². The lowest BCUT2D eigenvalue weighted by molar-refractivity contribution is -0.136. The van der Waals surface area contributed by atoms with Crippen LogP contribution in [0, 0.1) is 0 Å². The Morgan fingerprint density at radius 2 is 1.79 bits per heavy atom. The van der Waals surface area contributed by atoms with E-state index in [0.717, 1.165) is 12.3 Å². The van der Waals surface area contributed by atoms with E-state index in [4.69, 9.17) is 10.5 Å². The topological polar surface area (TPSA) is 86.7 Å². The molecular weight excluding hydrogens is 455 g/mol. The van der Waals surface area contributed by atoms with Gasteiger partial charge in [0.2, 0.25) is 0 Å². The molecule has 4 rings (SSSR count). The molecule has 0 aliphatic rings. The fourth-order valence-electron chi connectivity index (χ4n) is 3.63. The number of sulfone groups is 1. The number of hydrogen-bond acceptors (Lipinski definition) is 5. The molecule has 0 aliphatic heterocycles. The molecule has 0 bridgehead atoms. The molecule has 4 aromatic rings. The molecule has 10 heteroatoms. The van der Waals surface area contributed by atoms with Gasteiger partial charge < -0.3 is 10.5 Å². The van der Waals surface area contributed by atoms with Crippen molar-refractivity contribution < 1.29 is 26.3 Å². The van der Waals surface area contributed by atoms with Gasteiger partial charge in [0.05, 0.1) is 27.5 Å². The largest absolute Gasteiger partial charge is 0.457 e. The highest BCUT2D eigenvalue weighted by atomic mass is 32.2. The van der Waals surface area contributed by atoms with Gasteiger partial charge in [0.15, 0.2) is 9.84 Å². The van der Waals surface area contributed by atoms with Gasteiger partial charge >= 0.3 is 6.18 Å². The molecule has 0 spiro atoms. The van der Waals surface area contributed by atoms with Crippen LogP contribution < -0.4 is 10.5 Å². The molecule has 0 atom stereocenters. The zero-order chi connectivity index (χ0) is 24.0. The van der Waals surface area contributed by atoms with Crippen LogP contribution in [0.1, 0.15) is 18.2 Å². The number of aryl methyl sites for hydroxylation is 1. The van der Waals surface area contributed by atoms with Gasteiger partial charge in [0, 0.05) is 24.1 Å². The van der Waals surface area contributed by atoms with E-state index in [1.54, 1.807) is 24.3 Å². The Balaban J connectivity index is 1.79. The average molecular weight is 475 g/mol. The first-order valence-corrected chi connectivity index (χ1v) is 11.8. The van der Waals surface area contributed by atoms with Crippen molar-refractivity contribution in [2.75, 3.05) is 12.0 Å². The minimum absolute atomic E-state index is 0.0501. The number of halogens is 3. The molecule has 172 valence electrons. The second-order valence-electron chi connectivity index (χ2n) is 7.48. The van der Waals surface area contributed by atoms with Crippen molar-refractivity contribution in [3.8, 4) is 22.8 Å². The van der Waals surface area contributed by atoms with E-state index in [9.17, 15) is 21.6 Å². The van der Waals surface area contributed by atoms with E-state index >= 15 is 0 Å². The number of rotatable bonds is 5. The second kappa shape index (κ2) is 8.11. The summed E-state index contributed by atoms with van der Waals surface area (Å²) >= 11 is 0. The van der Waals surface area contributed by atoms with Crippen molar-refractivity contribution in [1.29, 1.82) is 0 Å². The number of ether oxygens (including phenoxy) is 1. The Labute approximate surface area is 188 Å². The predicted octanol–water partition coefficient (Wildman–Crippen LogP) is 5.36. The monoisotopic (exact) mass is 475 g/mol. The van der Waals surface area contributed by atoms with E-state index in [2.05, 4.69) is 4.98 Å². The molecule has 0 amide bonds. The summed E-state index contributed by atoms with van der Waals surface area (Å²) in [6, 6.07) is 13.4. The Morgan fingerprint density at radius 1 is 1.06 bits per heavy atom. The Hall–Kier alpha value is -3.53. The van der Waals surface area contributed by atoms with Crippen molar-refractivity contribution in [3.63, 3.8) is 0 Å². The number of nitrogens with two attached hydrogens (primary N) is 1. The molecule has 0 unspecified atom stereocenters. The molecule has 2 heterocycles. The van der Waals surface area contributed by atoms with E-state index in [1.807, 2.05) is 6.92 Å². The van der Waals surface area contributed by atoms with Crippen LogP contribution in [0.25, 0.3) is 16.9 Å². The van der Waals surface area contributed by atoms with Gasteiger partial charge in [0.25, 0.3) is 0 Å². The Kier molecular flexibility index (Phi) is 5.57. The maximum Gasteiger partial charge on any atom is 0.419 e. The minimum atomic E-state index is -4.53. The lowest BCUT2D eigenvalue weighted by Crippen LogP contribution is -2.07. The summed E-state index contributed by atoms with van der Waals surface area (Å²) in [6.45, 7) is 1.82. The molecule has 33 heavy (non-hydrogen) atoms. The quantitative estimate of drug-likeness (QED) is 0.393. The van der Waals surface area contributed by atoms with Gasteiger partial charge in [-0.3, -0.25) is 4.40 Å². The third kappa shape index (κ3) is 4.38. The van der Waals surface area contributed by atoms with Crippen LogP contribution in [-0.2, 0) is 22.4 Å². The number of imidazole rings is 1. The number of fused-ring (bicyclic) bond motifs is 1. The lowest BCUT2D eigenvalue weighted by Gasteiger charge is -2.11. The summed E-state index contributed by atoms with van der Waals surface area (Å²) < 4.78 is 71.6. The van der Waals surface area contributed by atoms with E-state index in [0.29, 0.717) is 29.1 Å². The summed E-state index contributed by atoms with van der Waals surface area (Å²) in [5, 5.41) is 0. The highest BCUT2D eigenvalue weighted by Gasteiger charge is 2.34. The van der Waals surface area contributed by atoms with Crippen LogP contribution in [0.4, 0.5) is 18.9 Å². The summed E-state index contributed by atoms with van der Waals surface area (Å²) in [5.41, 5.74) is 6.53. The van der Waals surface area contributed by atoms with Crippen molar-refractivity contribution in [2.45, 2.75) is 24.4 Å². The first-order chi connectivity index (χ1) is 15.5. The zero-order valence-electron chi connectivity index (χ0n) is 17.7. The normalized spacial score (nSPS) is 12.3. The number of aromatic nitrogens is 2. The van der Waals surface area contributed by atoms with Crippen LogP contribution in [-0.4, -0.2) is 24.1 Å². The van der Waals surface area contributed by atoms with Crippen LogP contribution >= 0.6 is 0 Å². The highest BCUT2D eigenvalue weighted by molar-refractivity contribution is 7.90. The fourth-order valence-corrected chi connectivity index (χ4v) is 4.46. The summed E-state index contributed by atoms with van der Waals surface area (Å²) in [7, 11) is -3.55. The number of nitrogen functional groups attached to an aromatic ring is 1. The number of alkyl halides is 3. The maximum atomic E-state index is 13.5. The highest BCUT2D eigenvalue weighted by Crippen LogP contribution is 2.36. The Morgan fingerprint density at radius 3 is 2.45 bits per heavy atom. The van der Waals surface area contributed by atoms with E-state index < -0.39 is 21.6 Å². The van der Waals surface area contributed by atoms with Crippen LogP contribution in [0.3, 0.4) is 0 Å². The predicted molar refractivity (Wildman–Crippen MR) is 119 cm³/mol. The number of pyridine rings is 1.